The molecule has 1 aromatic rings. The Morgan fingerprint density at radius 2 is 2.36 bits per heavy atom. The summed E-state index contributed by atoms with van der Waals surface area (Å²) < 4.78 is 0. The van der Waals surface area contributed by atoms with Gasteiger partial charge in [0.15, 0.2) is 0 Å². The van der Waals surface area contributed by atoms with E-state index in [2.05, 4.69) is 11.4 Å². The zero-order chi connectivity index (χ0) is 8.10. The number of benzene rings is 1. The van der Waals surface area contributed by atoms with Crippen molar-refractivity contribution in [2.24, 2.45) is 0 Å². The minimum atomic E-state index is 0.666. The van der Waals surface area contributed by atoms with Crippen LogP contribution in [0.2, 0.25) is 0 Å². The zero-order valence-corrected chi connectivity index (χ0v) is 6.41. The molecule has 11 heavy (non-hydrogen) atoms. The minimum absolute atomic E-state index is 0.666. The lowest BCUT2D eigenvalue weighted by Crippen LogP contribution is -1.94. The van der Waals surface area contributed by atoms with Crippen molar-refractivity contribution in [3.63, 3.8) is 0 Å². The second-order valence-corrected chi connectivity index (χ2v) is 2.14. The van der Waals surface area contributed by atoms with E-state index < -0.39 is 0 Å². The van der Waals surface area contributed by atoms with Gasteiger partial charge in [0.2, 0.25) is 0 Å². The Kier molecular flexibility index (Phi) is 2.51. The lowest BCUT2D eigenvalue weighted by atomic mass is 10.2. The molecule has 0 saturated carbocycles. The summed E-state index contributed by atoms with van der Waals surface area (Å²) in [5.41, 5.74) is 1.55. The monoisotopic (exact) mass is 145 g/mol. The third-order valence-electron chi connectivity index (χ3n) is 1.32. The summed E-state index contributed by atoms with van der Waals surface area (Å²) in [5.74, 6) is 0. The molecule has 0 bridgehead atoms. The molecule has 0 unspecified atom stereocenters. The van der Waals surface area contributed by atoms with Crippen LogP contribution in [0.3, 0.4) is 0 Å². The Balaban J connectivity index is 2.85. The van der Waals surface area contributed by atoms with Gasteiger partial charge in [0.05, 0.1) is 17.3 Å². The first-order valence-electron chi connectivity index (χ1n) is 3.54. The van der Waals surface area contributed by atoms with Crippen LogP contribution in [0.15, 0.2) is 24.3 Å². The highest BCUT2D eigenvalue weighted by molar-refractivity contribution is 5.43. The van der Waals surface area contributed by atoms with Gasteiger partial charge in [0.25, 0.3) is 0 Å². The van der Waals surface area contributed by atoms with Crippen LogP contribution in [-0.2, 0) is 0 Å². The maximum Gasteiger partial charge on any atom is 0.0992 e. The van der Waals surface area contributed by atoms with Crippen LogP contribution in [0, 0.1) is 11.3 Å². The van der Waals surface area contributed by atoms with Crippen LogP contribution in [-0.4, -0.2) is 6.54 Å². The average molecular weight is 145 g/mol. The molecule has 0 fully saturated rings. The number of hydrogen-bond donors (Lipinski definition) is 0. The summed E-state index contributed by atoms with van der Waals surface area (Å²) in [4.78, 5) is 0. The minimum Gasteiger partial charge on any atom is -0.286 e. The second-order valence-electron chi connectivity index (χ2n) is 2.14. The molecule has 55 valence electrons. The van der Waals surface area contributed by atoms with E-state index in [9.17, 15) is 0 Å². The van der Waals surface area contributed by atoms with Gasteiger partial charge in [-0.3, -0.25) is 5.32 Å². The van der Waals surface area contributed by atoms with Gasteiger partial charge in [0, 0.05) is 6.54 Å². The fourth-order valence-electron chi connectivity index (χ4n) is 0.856. The van der Waals surface area contributed by atoms with Crippen LogP contribution in [0.25, 0.3) is 0 Å². The van der Waals surface area contributed by atoms with Gasteiger partial charge >= 0.3 is 0 Å². The molecule has 0 atom stereocenters. The van der Waals surface area contributed by atoms with Gasteiger partial charge in [-0.25, -0.2) is 0 Å². The molecule has 2 heteroatoms. The smallest absolute Gasteiger partial charge is 0.0992 e. The molecule has 0 aliphatic heterocycles. The van der Waals surface area contributed by atoms with Gasteiger partial charge in [-0.15, -0.1) is 0 Å². The van der Waals surface area contributed by atoms with Crippen LogP contribution < -0.4 is 5.32 Å². The van der Waals surface area contributed by atoms with Gasteiger partial charge in [0.1, 0.15) is 0 Å². The summed E-state index contributed by atoms with van der Waals surface area (Å²) in [6.07, 6.45) is 0. The number of hydrogen-bond acceptors (Lipinski definition) is 1. The predicted octanol–water partition coefficient (Wildman–Crippen LogP) is 1.81. The normalized spacial score (nSPS) is 8.73. The lowest BCUT2D eigenvalue weighted by molar-refractivity contribution is 0.912. The molecule has 1 aromatic carbocycles. The average Bonchev–Trinajstić information content (AvgIpc) is 2.06. The standard InChI is InChI=1S/C9H9N2/c1-2-11-9-5-3-4-8(6-9)7-10/h3-6H,2H2,1H3. The van der Waals surface area contributed by atoms with Crippen LogP contribution in [0.1, 0.15) is 12.5 Å². The van der Waals surface area contributed by atoms with E-state index in [1.54, 1.807) is 12.1 Å². The van der Waals surface area contributed by atoms with E-state index in [1.807, 2.05) is 19.1 Å². The highest BCUT2D eigenvalue weighted by Crippen LogP contribution is 2.08. The molecule has 1 rings (SSSR count). The van der Waals surface area contributed by atoms with Crippen molar-refractivity contribution in [3.8, 4) is 6.07 Å². The van der Waals surface area contributed by atoms with Crippen molar-refractivity contribution in [2.45, 2.75) is 6.92 Å². The van der Waals surface area contributed by atoms with Crippen molar-refractivity contribution in [1.29, 1.82) is 5.26 Å². The summed E-state index contributed by atoms with van der Waals surface area (Å²) in [7, 11) is 0. The summed E-state index contributed by atoms with van der Waals surface area (Å²) in [6.45, 7) is 2.73. The number of nitrogens with zero attached hydrogens (tertiary/aromatic N) is 2. The number of nitriles is 1. The second kappa shape index (κ2) is 3.62. The van der Waals surface area contributed by atoms with E-state index in [0.717, 1.165) is 12.2 Å². The van der Waals surface area contributed by atoms with E-state index in [0.29, 0.717) is 5.56 Å². The zero-order valence-electron chi connectivity index (χ0n) is 6.41. The van der Waals surface area contributed by atoms with E-state index in [1.165, 1.54) is 0 Å². The van der Waals surface area contributed by atoms with Crippen molar-refractivity contribution < 1.29 is 0 Å². The molecule has 0 aromatic heterocycles. The highest BCUT2D eigenvalue weighted by Gasteiger charge is 1.92. The fraction of sp³-hybridized carbons (Fsp3) is 0.222. The Bertz CT molecular complexity index is 273. The van der Waals surface area contributed by atoms with Crippen molar-refractivity contribution in [2.75, 3.05) is 6.54 Å². The SMILES string of the molecule is CC[N]c1cccc(C#N)c1. The van der Waals surface area contributed by atoms with Crippen LogP contribution >= 0.6 is 0 Å². The van der Waals surface area contributed by atoms with Crippen LogP contribution in [0.5, 0.6) is 0 Å². The van der Waals surface area contributed by atoms with Crippen LogP contribution in [0.4, 0.5) is 5.69 Å². The maximum absolute atomic E-state index is 8.54. The van der Waals surface area contributed by atoms with Crippen molar-refractivity contribution in [3.05, 3.63) is 29.8 Å². The summed E-state index contributed by atoms with van der Waals surface area (Å²) in [6, 6.07) is 9.35. The Morgan fingerprint density at radius 1 is 1.55 bits per heavy atom. The molecule has 1 radical (unpaired) electrons. The molecule has 0 N–H and O–H groups in total. The fourth-order valence-corrected chi connectivity index (χ4v) is 0.856. The van der Waals surface area contributed by atoms with Gasteiger partial charge in [-0.05, 0) is 25.1 Å². The molecule has 0 spiro atoms. The molecule has 0 aliphatic carbocycles. The molecule has 0 amide bonds. The molecule has 0 saturated heterocycles. The third-order valence-corrected chi connectivity index (χ3v) is 1.32. The Labute approximate surface area is 66.5 Å². The van der Waals surface area contributed by atoms with Gasteiger partial charge in [-0.1, -0.05) is 6.07 Å². The van der Waals surface area contributed by atoms with E-state index in [-0.39, 0.29) is 0 Å². The topological polar surface area (TPSA) is 37.9 Å². The molecule has 0 heterocycles. The van der Waals surface area contributed by atoms with Gasteiger partial charge < -0.3 is 0 Å². The molecule has 2 nitrogen and oxygen atoms in total. The lowest BCUT2D eigenvalue weighted by Gasteiger charge is -1.97. The molecule has 0 aliphatic rings. The highest BCUT2D eigenvalue weighted by atomic mass is 14.8. The molecular formula is C9H9N2. The first-order valence-corrected chi connectivity index (χ1v) is 3.54. The maximum atomic E-state index is 8.54. The van der Waals surface area contributed by atoms with Crippen molar-refractivity contribution in [1.82, 2.24) is 5.32 Å². The first kappa shape index (κ1) is 7.62. The van der Waals surface area contributed by atoms with E-state index >= 15 is 0 Å². The first-order chi connectivity index (χ1) is 5.36. The van der Waals surface area contributed by atoms with E-state index in [4.69, 9.17) is 5.26 Å². The summed E-state index contributed by atoms with van der Waals surface area (Å²) in [5, 5.41) is 12.7. The quantitative estimate of drug-likeness (QED) is 0.625. The number of rotatable bonds is 2. The molecular weight excluding hydrogens is 136 g/mol. The third kappa shape index (κ3) is 1.98. The largest absolute Gasteiger partial charge is 0.286 e. The Hall–Kier alpha value is -1.49. The Morgan fingerprint density at radius 3 is 3.00 bits per heavy atom. The predicted molar refractivity (Wildman–Crippen MR) is 43.5 cm³/mol. The summed E-state index contributed by atoms with van der Waals surface area (Å²) >= 11 is 0. The van der Waals surface area contributed by atoms with Crippen molar-refractivity contribution >= 4 is 5.69 Å². The van der Waals surface area contributed by atoms with Gasteiger partial charge in [-0.2, -0.15) is 5.26 Å².